The molecule has 9 N–H and O–H groups in total. The largest absolute Gasteiger partial charge is 0.507 e. The Labute approximate surface area is 218 Å². The van der Waals surface area contributed by atoms with E-state index in [1.54, 1.807) is 0 Å². The second-order valence-electron chi connectivity index (χ2n) is 9.33. The molecule has 210 valence electrons. The maximum absolute atomic E-state index is 13.0. The van der Waals surface area contributed by atoms with Crippen LogP contribution < -0.4 is 5.43 Å². The normalized spacial score (nSPS) is 31.1. The van der Waals surface area contributed by atoms with E-state index in [1.165, 1.54) is 12.1 Å². The fourth-order valence-corrected chi connectivity index (χ4v) is 4.73. The third kappa shape index (κ3) is 4.66. The first-order chi connectivity index (χ1) is 18.5. The SMILES string of the molecule is O=c1cc(-c2ccc(O)c(O)c2)oc2cc(O)c([C@@H]3O[C@@H](CO)[C@H](O)[C@H]3O[C@@H]3OC[C@@H](O)[C@H](O)[C@H]3O)c(O)c12. The molecule has 0 unspecified atom stereocenters. The number of phenols is 4. The molecule has 2 aliphatic rings. The summed E-state index contributed by atoms with van der Waals surface area (Å²) in [6, 6.07) is 5.73. The number of aliphatic hydroxyl groups excluding tert-OH is 5. The molecule has 1 aromatic heterocycles. The van der Waals surface area contributed by atoms with Gasteiger partial charge in [0.1, 0.15) is 71.0 Å². The van der Waals surface area contributed by atoms with Gasteiger partial charge in [0.05, 0.1) is 18.8 Å². The molecule has 0 bridgehead atoms. The van der Waals surface area contributed by atoms with Gasteiger partial charge in [0.15, 0.2) is 23.2 Å². The Hall–Kier alpha value is -3.47. The van der Waals surface area contributed by atoms with Crippen molar-refractivity contribution in [1.29, 1.82) is 0 Å². The molecule has 3 heterocycles. The van der Waals surface area contributed by atoms with Gasteiger partial charge in [-0.15, -0.1) is 0 Å². The van der Waals surface area contributed by atoms with Crippen LogP contribution in [0.5, 0.6) is 23.0 Å². The van der Waals surface area contributed by atoms with Crippen LogP contribution in [-0.4, -0.2) is 102 Å². The van der Waals surface area contributed by atoms with Gasteiger partial charge in [0.2, 0.25) is 0 Å². The molecule has 8 atom stereocenters. The third-order valence-corrected chi connectivity index (χ3v) is 6.82. The zero-order valence-electron chi connectivity index (χ0n) is 20.0. The fraction of sp³-hybridized carbons (Fsp3) is 0.400. The van der Waals surface area contributed by atoms with Gasteiger partial charge in [-0.1, -0.05) is 0 Å². The van der Waals surface area contributed by atoms with Crippen molar-refractivity contribution < 1.29 is 64.6 Å². The Morgan fingerprint density at radius 1 is 0.897 bits per heavy atom. The van der Waals surface area contributed by atoms with Crippen LogP contribution in [0.2, 0.25) is 0 Å². The van der Waals surface area contributed by atoms with E-state index in [-0.39, 0.29) is 22.3 Å². The molecular formula is C25H26O14. The van der Waals surface area contributed by atoms with Gasteiger partial charge in [-0.3, -0.25) is 4.79 Å². The van der Waals surface area contributed by atoms with Gasteiger partial charge in [-0.25, -0.2) is 0 Å². The van der Waals surface area contributed by atoms with E-state index in [4.69, 9.17) is 18.6 Å². The summed E-state index contributed by atoms with van der Waals surface area (Å²) < 4.78 is 22.2. The van der Waals surface area contributed by atoms with E-state index in [2.05, 4.69) is 0 Å². The smallest absolute Gasteiger partial charge is 0.197 e. The standard InChI is InChI=1S/C25H26O14/c26-6-16-20(33)24(39-25-22(35)19(32)13(31)7-36-25)23(38-16)18-12(30)5-15-17(21(18)34)11(29)4-14(37-15)8-1-2-9(27)10(28)3-8/h1-5,13,16,19-20,22-28,30-35H,6-7H2/t13-,16+,19+,20+,22-,23+,24-,25+/m1/s1. The molecule has 39 heavy (non-hydrogen) atoms. The summed E-state index contributed by atoms with van der Waals surface area (Å²) in [5.74, 6) is -2.32. The predicted octanol–water partition coefficient (Wildman–Crippen LogP) is -1.10. The molecule has 0 spiro atoms. The van der Waals surface area contributed by atoms with Crippen molar-refractivity contribution in [3.8, 4) is 34.3 Å². The van der Waals surface area contributed by atoms with E-state index in [9.17, 15) is 50.8 Å². The Morgan fingerprint density at radius 2 is 1.64 bits per heavy atom. The van der Waals surface area contributed by atoms with Crippen molar-refractivity contribution in [2.45, 2.75) is 49.0 Å². The maximum Gasteiger partial charge on any atom is 0.197 e. The second-order valence-corrected chi connectivity index (χ2v) is 9.33. The topological polar surface area (TPSA) is 240 Å². The van der Waals surface area contributed by atoms with Crippen molar-refractivity contribution in [2.24, 2.45) is 0 Å². The van der Waals surface area contributed by atoms with Crippen molar-refractivity contribution in [3.63, 3.8) is 0 Å². The molecular weight excluding hydrogens is 524 g/mol. The van der Waals surface area contributed by atoms with Crippen LogP contribution in [0.25, 0.3) is 22.3 Å². The number of ether oxygens (including phenoxy) is 3. The molecule has 2 fully saturated rings. The highest BCUT2D eigenvalue weighted by Crippen LogP contribution is 2.47. The summed E-state index contributed by atoms with van der Waals surface area (Å²) >= 11 is 0. The summed E-state index contributed by atoms with van der Waals surface area (Å²) in [5.41, 5.74) is -1.18. The first-order valence-corrected chi connectivity index (χ1v) is 11.8. The first kappa shape index (κ1) is 27.1. The van der Waals surface area contributed by atoms with Crippen LogP contribution in [0.1, 0.15) is 11.7 Å². The minimum atomic E-state index is -1.74. The van der Waals surface area contributed by atoms with Crippen LogP contribution in [0, 0.1) is 0 Å². The van der Waals surface area contributed by atoms with Gasteiger partial charge in [-0.05, 0) is 18.2 Å². The Balaban J connectivity index is 1.55. The monoisotopic (exact) mass is 550 g/mol. The van der Waals surface area contributed by atoms with Crippen LogP contribution in [-0.2, 0) is 14.2 Å². The van der Waals surface area contributed by atoms with Crippen molar-refractivity contribution in [2.75, 3.05) is 13.2 Å². The minimum Gasteiger partial charge on any atom is -0.507 e. The number of rotatable bonds is 5. The van der Waals surface area contributed by atoms with Crippen LogP contribution in [0.3, 0.4) is 0 Å². The summed E-state index contributed by atoms with van der Waals surface area (Å²) in [6.45, 7) is -1.11. The van der Waals surface area contributed by atoms with Gasteiger partial charge < -0.3 is 64.6 Å². The summed E-state index contributed by atoms with van der Waals surface area (Å²) in [4.78, 5) is 13.0. The number of hydrogen-bond acceptors (Lipinski definition) is 14. The van der Waals surface area contributed by atoms with E-state index >= 15 is 0 Å². The number of fused-ring (bicyclic) bond motifs is 1. The lowest BCUT2D eigenvalue weighted by Crippen LogP contribution is -2.55. The lowest BCUT2D eigenvalue weighted by molar-refractivity contribution is -0.291. The molecule has 0 amide bonds. The van der Waals surface area contributed by atoms with Crippen molar-refractivity contribution in [1.82, 2.24) is 0 Å². The molecule has 2 aliphatic heterocycles. The number of aliphatic hydroxyl groups is 5. The Kier molecular flexibility index (Phi) is 7.13. The van der Waals surface area contributed by atoms with Crippen molar-refractivity contribution in [3.05, 3.63) is 46.1 Å². The van der Waals surface area contributed by atoms with E-state index in [0.717, 1.165) is 18.2 Å². The van der Waals surface area contributed by atoms with Gasteiger partial charge in [0, 0.05) is 17.7 Å². The van der Waals surface area contributed by atoms with Gasteiger partial charge in [0.25, 0.3) is 0 Å². The average Bonchev–Trinajstić information content (AvgIpc) is 3.20. The summed E-state index contributed by atoms with van der Waals surface area (Å²) in [5, 5.41) is 91.2. The Bertz CT molecular complexity index is 1440. The molecule has 14 nitrogen and oxygen atoms in total. The molecule has 5 rings (SSSR count). The number of hydrogen-bond donors (Lipinski definition) is 9. The molecule has 0 aliphatic carbocycles. The van der Waals surface area contributed by atoms with Gasteiger partial charge in [-0.2, -0.15) is 0 Å². The maximum atomic E-state index is 13.0. The zero-order chi connectivity index (χ0) is 28.2. The quantitative estimate of drug-likeness (QED) is 0.171. The number of phenolic OH excluding ortho intramolecular Hbond substituents is 4. The van der Waals surface area contributed by atoms with Gasteiger partial charge >= 0.3 is 0 Å². The zero-order valence-corrected chi connectivity index (χ0v) is 20.0. The minimum absolute atomic E-state index is 0.0485. The number of benzene rings is 2. The second kappa shape index (κ2) is 10.3. The van der Waals surface area contributed by atoms with Crippen LogP contribution in [0.4, 0.5) is 0 Å². The van der Waals surface area contributed by atoms with Crippen LogP contribution >= 0.6 is 0 Å². The van der Waals surface area contributed by atoms with E-state index < -0.39 is 96.2 Å². The van der Waals surface area contributed by atoms with Crippen molar-refractivity contribution >= 4 is 11.0 Å². The summed E-state index contributed by atoms with van der Waals surface area (Å²) in [6.07, 6.45) is -12.2. The lowest BCUT2D eigenvalue weighted by Gasteiger charge is -2.37. The van der Waals surface area contributed by atoms with E-state index in [0.29, 0.717) is 0 Å². The Morgan fingerprint density at radius 3 is 2.33 bits per heavy atom. The molecule has 3 aromatic rings. The highest BCUT2D eigenvalue weighted by Gasteiger charge is 2.50. The molecule has 2 aromatic carbocycles. The molecule has 0 saturated carbocycles. The fourth-order valence-electron chi connectivity index (χ4n) is 4.73. The predicted molar refractivity (Wildman–Crippen MR) is 128 cm³/mol. The number of aromatic hydroxyl groups is 4. The van der Waals surface area contributed by atoms with Crippen LogP contribution in [0.15, 0.2) is 39.5 Å². The molecule has 0 radical (unpaired) electrons. The summed E-state index contributed by atoms with van der Waals surface area (Å²) in [7, 11) is 0. The average molecular weight is 550 g/mol. The third-order valence-electron chi connectivity index (χ3n) is 6.82. The lowest BCUT2D eigenvalue weighted by atomic mass is 9.97. The molecule has 2 saturated heterocycles. The highest BCUT2D eigenvalue weighted by molar-refractivity contribution is 5.88. The van der Waals surface area contributed by atoms with E-state index in [1.807, 2.05) is 0 Å². The highest BCUT2D eigenvalue weighted by atomic mass is 16.7. The molecule has 14 heteroatoms. The first-order valence-electron chi connectivity index (χ1n) is 11.8.